The molecule has 0 saturated heterocycles. The first-order valence-electron chi connectivity index (χ1n) is 6.02. The van der Waals surface area contributed by atoms with Crippen LogP contribution in [0.15, 0.2) is 24.3 Å². The summed E-state index contributed by atoms with van der Waals surface area (Å²) in [4.78, 5) is 11.9. The van der Waals surface area contributed by atoms with Gasteiger partial charge in [-0.3, -0.25) is 4.79 Å². The molecule has 2 nitrogen and oxygen atoms in total. The molecule has 1 aliphatic carbocycles. The summed E-state index contributed by atoms with van der Waals surface area (Å²) in [6, 6.07) is 8.00. The molecule has 2 aromatic rings. The predicted molar refractivity (Wildman–Crippen MR) is 70.4 cm³/mol. The molecule has 0 aromatic heterocycles. The molecule has 0 heterocycles. The fourth-order valence-corrected chi connectivity index (χ4v) is 2.89. The van der Waals surface area contributed by atoms with Crippen molar-refractivity contribution in [2.75, 3.05) is 5.73 Å². The van der Waals surface area contributed by atoms with Crippen LogP contribution >= 0.6 is 0 Å². The average molecular weight is 225 g/mol. The van der Waals surface area contributed by atoms with Gasteiger partial charge in [-0.25, -0.2) is 0 Å². The number of ketones is 1. The minimum Gasteiger partial charge on any atom is -0.399 e. The van der Waals surface area contributed by atoms with Gasteiger partial charge in [-0.2, -0.15) is 0 Å². The summed E-state index contributed by atoms with van der Waals surface area (Å²) in [5, 5.41) is 2.14. The number of hydrogen-bond donors (Lipinski definition) is 1. The lowest BCUT2D eigenvalue weighted by molar-refractivity contribution is 0.101. The first kappa shape index (κ1) is 10.3. The van der Waals surface area contributed by atoms with Gasteiger partial charge in [0.25, 0.3) is 0 Å². The number of rotatable bonds is 1. The number of anilines is 1. The lowest BCUT2D eigenvalue weighted by Gasteiger charge is -2.11. The van der Waals surface area contributed by atoms with E-state index in [0.717, 1.165) is 41.3 Å². The normalized spacial score (nSPS) is 13.9. The Morgan fingerprint density at radius 1 is 1.24 bits per heavy atom. The molecule has 2 N–H and O–H groups in total. The molecule has 17 heavy (non-hydrogen) atoms. The Kier molecular flexibility index (Phi) is 2.18. The van der Waals surface area contributed by atoms with E-state index in [0.29, 0.717) is 0 Å². The molecular weight excluding hydrogens is 210 g/mol. The second kappa shape index (κ2) is 3.59. The summed E-state index contributed by atoms with van der Waals surface area (Å²) in [5.41, 5.74) is 10.1. The van der Waals surface area contributed by atoms with Gasteiger partial charge in [0, 0.05) is 11.3 Å². The summed E-state index contributed by atoms with van der Waals surface area (Å²) in [7, 11) is 0. The van der Waals surface area contributed by atoms with E-state index in [-0.39, 0.29) is 5.78 Å². The molecule has 1 aliphatic rings. The van der Waals surface area contributed by atoms with Gasteiger partial charge in [-0.15, -0.1) is 0 Å². The molecule has 0 amide bonds. The van der Waals surface area contributed by atoms with E-state index in [1.807, 2.05) is 18.2 Å². The highest BCUT2D eigenvalue weighted by molar-refractivity contribution is 6.09. The fourth-order valence-electron chi connectivity index (χ4n) is 2.89. The summed E-state index contributed by atoms with van der Waals surface area (Å²) in [6.07, 6.45) is 3.27. The molecule has 0 spiro atoms. The highest BCUT2D eigenvalue weighted by atomic mass is 16.1. The van der Waals surface area contributed by atoms with Crippen LogP contribution in [0.3, 0.4) is 0 Å². The molecule has 2 aromatic carbocycles. The zero-order valence-electron chi connectivity index (χ0n) is 9.92. The van der Waals surface area contributed by atoms with Crippen LogP contribution in [0.25, 0.3) is 10.8 Å². The van der Waals surface area contributed by atoms with Gasteiger partial charge in [-0.05, 0) is 60.2 Å². The van der Waals surface area contributed by atoms with E-state index in [2.05, 4.69) is 6.07 Å². The second-order valence-corrected chi connectivity index (χ2v) is 4.78. The van der Waals surface area contributed by atoms with Gasteiger partial charge in [0.1, 0.15) is 0 Å². The zero-order valence-corrected chi connectivity index (χ0v) is 9.92. The number of Topliss-reactive ketones (excluding diaryl/α,β-unsaturated/α-hetero) is 1. The van der Waals surface area contributed by atoms with Gasteiger partial charge < -0.3 is 5.73 Å². The first-order chi connectivity index (χ1) is 8.16. The first-order valence-corrected chi connectivity index (χ1v) is 6.02. The van der Waals surface area contributed by atoms with Crippen LogP contribution in [-0.4, -0.2) is 5.78 Å². The van der Waals surface area contributed by atoms with Gasteiger partial charge in [0.05, 0.1) is 0 Å². The quantitative estimate of drug-likeness (QED) is 0.598. The SMILES string of the molecule is CC(=O)c1c2c(cc3cc(N)ccc13)CCC2. The van der Waals surface area contributed by atoms with Gasteiger partial charge in [-0.1, -0.05) is 12.1 Å². The molecule has 0 bridgehead atoms. The number of carbonyl (C=O) groups is 1. The number of benzene rings is 2. The van der Waals surface area contributed by atoms with Crippen molar-refractivity contribution < 1.29 is 4.79 Å². The Bertz CT molecular complexity index is 628. The molecule has 3 rings (SSSR count). The van der Waals surface area contributed by atoms with Gasteiger partial charge >= 0.3 is 0 Å². The highest BCUT2D eigenvalue weighted by Gasteiger charge is 2.20. The van der Waals surface area contributed by atoms with Gasteiger partial charge in [0.15, 0.2) is 5.78 Å². The molecule has 0 unspecified atom stereocenters. The van der Waals surface area contributed by atoms with Crippen LogP contribution in [0.1, 0.15) is 34.8 Å². The Balaban J connectivity index is 2.44. The van der Waals surface area contributed by atoms with Crippen LogP contribution in [0.2, 0.25) is 0 Å². The smallest absolute Gasteiger partial charge is 0.160 e. The summed E-state index contributed by atoms with van der Waals surface area (Å²) < 4.78 is 0. The molecular formula is C15H15NO. The predicted octanol–water partition coefficient (Wildman–Crippen LogP) is 3.11. The molecule has 0 fully saturated rings. The maximum Gasteiger partial charge on any atom is 0.160 e. The summed E-state index contributed by atoms with van der Waals surface area (Å²) >= 11 is 0. The largest absolute Gasteiger partial charge is 0.399 e. The summed E-state index contributed by atoms with van der Waals surface area (Å²) in [6.45, 7) is 1.66. The minimum absolute atomic E-state index is 0.165. The second-order valence-electron chi connectivity index (χ2n) is 4.78. The van der Waals surface area contributed by atoms with Crippen LogP contribution in [0.5, 0.6) is 0 Å². The minimum atomic E-state index is 0.165. The highest BCUT2D eigenvalue weighted by Crippen LogP contribution is 2.33. The molecule has 2 heteroatoms. The van der Waals surface area contributed by atoms with Crippen molar-refractivity contribution >= 4 is 22.2 Å². The maximum atomic E-state index is 11.9. The lowest BCUT2D eigenvalue weighted by atomic mass is 9.93. The standard InChI is InChI=1S/C15H15NO/c1-9(17)15-13-4-2-3-10(13)7-11-8-12(16)5-6-14(11)15/h5-8H,2-4,16H2,1H3. The Labute approximate surface area is 100 Å². The van der Waals surface area contributed by atoms with E-state index < -0.39 is 0 Å². The third-order valence-corrected chi connectivity index (χ3v) is 3.59. The molecule has 86 valence electrons. The van der Waals surface area contributed by atoms with E-state index in [1.54, 1.807) is 6.92 Å². The van der Waals surface area contributed by atoms with Crippen LogP contribution in [-0.2, 0) is 12.8 Å². The Morgan fingerprint density at radius 3 is 2.82 bits per heavy atom. The van der Waals surface area contributed by atoms with E-state index in [4.69, 9.17) is 5.73 Å². The lowest BCUT2D eigenvalue weighted by Crippen LogP contribution is -2.01. The average Bonchev–Trinajstić information content (AvgIpc) is 2.72. The van der Waals surface area contributed by atoms with Crippen LogP contribution in [0, 0.1) is 0 Å². The monoisotopic (exact) mass is 225 g/mol. The number of nitrogen functional groups attached to an aromatic ring is 1. The van der Waals surface area contributed by atoms with Crippen molar-refractivity contribution in [3.8, 4) is 0 Å². The van der Waals surface area contributed by atoms with Crippen molar-refractivity contribution in [3.63, 3.8) is 0 Å². The zero-order chi connectivity index (χ0) is 12.0. The molecule has 0 saturated carbocycles. The number of hydrogen-bond acceptors (Lipinski definition) is 2. The summed E-state index contributed by atoms with van der Waals surface area (Å²) in [5.74, 6) is 0.165. The number of carbonyl (C=O) groups excluding carboxylic acids is 1. The van der Waals surface area contributed by atoms with E-state index >= 15 is 0 Å². The number of nitrogens with two attached hydrogens (primary N) is 1. The molecule has 0 atom stereocenters. The van der Waals surface area contributed by atoms with Crippen LogP contribution < -0.4 is 5.73 Å². The van der Waals surface area contributed by atoms with E-state index in [9.17, 15) is 4.79 Å². The van der Waals surface area contributed by atoms with Crippen molar-refractivity contribution in [3.05, 3.63) is 41.0 Å². The molecule has 0 radical (unpaired) electrons. The van der Waals surface area contributed by atoms with Gasteiger partial charge in [0.2, 0.25) is 0 Å². The topological polar surface area (TPSA) is 43.1 Å². The van der Waals surface area contributed by atoms with Crippen molar-refractivity contribution in [1.82, 2.24) is 0 Å². The van der Waals surface area contributed by atoms with Crippen molar-refractivity contribution in [1.29, 1.82) is 0 Å². The Morgan fingerprint density at radius 2 is 2.06 bits per heavy atom. The van der Waals surface area contributed by atoms with Crippen molar-refractivity contribution in [2.24, 2.45) is 0 Å². The van der Waals surface area contributed by atoms with E-state index in [1.165, 1.54) is 11.1 Å². The number of aryl methyl sites for hydroxylation is 1. The number of fused-ring (bicyclic) bond motifs is 2. The Hall–Kier alpha value is -1.83. The molecule has 0 aliphatic heterocycles. The maximum absolute atomic E-state index is 11.9. The van der Waals surface area contributed by atoms with Crippen LogP contribution in [0.4, 0.5) is 5.69 Å². The third kappa shape index (κ3) is 1.52. The third-order valence-electron chi connectivity index (χ3n) is 3.59. The van der Waals surface area contributed by atoms with Crippen molar-refractivity contribution in [2.45, 2.75) is 26.2 Å². The fraction of sp³-hybridized carbons (Fsp3) is 0.267.